The van der Waals surface area contributed by atoms with E-state index in [9.17, 15) is 4.79 Å². The number of ether oxygens (including phenoxy) is 1. The van der Waals surface area contributed by atoms with Crippen LogP contribution in [0.2, 0.25) is 0 Å². The summed E-state index contributed by atoms with van der Waals surface area (Å²) in [5, 5.41) is 3.32. The molecule has 5 nitrogen and oxygen atoms in total. The molecule has 0 radical (unpaired) electrons. The fourth-order valence-electron chi connectivity index (χ4n) is 3.19. The molecule has 0 aromatic carbocycles. The number of anilines is 1. The predicted molar refractivity (Wildman–Crippen MR) is 86.1 cm³/mol. The monoisotopic (exact) mass is 303 g/mol. The molecule has 1 aromatic heterocycles. The van der Waals surface area contributed by atoms with E-state index in [1.807, 2.05) is 11.0 Å². The third kappa shape index (κ3) is 3.58. The van der Waals surface area contributed by atoms with Crippen LogP contribution in [0, 0.1) is 0 Å². The number of hydrogen-bond acceptors (Lipinski definition) is 4. The minimum atomic E-state index is -0.117. The van der Waals surface area contributed by atoms with Gasteiger partial charge in [0.05, 0.1) is 5.60 Å². The van der Waals surface area contributed by atoms with Gasteiger partial charge in [-0.3, -0.25) is 4.79 Å². The first kappa shape index (κ1) is 15.3. The highest BCUT2D eigenvalue weighted by molar-refractivity contribution is 5.94. The summed E-state index contributed by atoms with van der Waals surface area (Å²) in [5.74, 6) is 0.869. The molecule has 2 saturated heterocycles. The summed E-state index contributed by atoms with van der Waals surface area (Å²) in [4.78, 5) is 18.8. The van der Waals surface area contributed by atoms with Crippen molar-refractivity contribution in [2.24, 2.45) is 0 Å². The smallest absolute Gasteiger partial charge is 0.254 e. The summed E-state index contributed by atoms with van der Waals surface area (Å²) in [6, 6.07) is 3.66. The second kappa shape index (κ2) is 6.65. The SMILES string of the molecule is CC1(CNc2cc(C(=O)N3CCCCC3)ccn2)CCCO1. The number of hydrogen-bond donors (Lipinski definition) is 1. The zero-order valence-corrected chi connectivity index (χ0v) is 13.3. The van der Waals surface area contributed by atoms with Crippen LogP contribution in [-0.4, -0.2) is 47.6 Å². The van der Waals surface area contributed by atoms with Crippen LogP contribution in [0.3, 0.4) is 0 Å². The Morgan fingerprint density at radius 2 is 2.18 bits per heavy atom. The van der Waals surface area contributed by atoms with Gasteiger partial charge in [-0.05, 0) is 51.2 Å². The Morgan fingerprint density at radius 3 is 2.91 bits per heavy atom. The van der Waals surface area contributed by atoms with Crippen LogP contribution in [0.4, 0.5) is 5.82 Å². The maximum absolute atomic E-state index is 12.5. The van der Waals surface area contributed by atoms with Gasteiger partial charge in [-0.2, -0.15) is 0 Å². The van der Waals surface area contributed by atoms with Crippen LogP contribution in [0.5, 0.6) is 0 Å². The van der Waals surface area contributed by atoms with Crippen molar-refractivity contribution in [3.63, 3.8) is 0 Å². The quantitative estimate of drug-likeness (QED) is 0.929. The van der Waals surface area contributed by atoms with Gasteiger partial charge in [-0.15, -0.1) is 0 Å². The van der Waals surface area contributed by atoms with E-state index in [1.165, 1.54) is 6.42 Å². The molecule has 0 spiro atoms. The number of rotatable bonds is 4. The van der Waals surface area contributed by atoms with Crippen molar-refractivity contribution >= 4 is 11.7 Å². The molecular weight excluding hydrogens is 278 g/mol. The Kier molecular flexibility index (Phi) is 4.62. The van der Waals surface area contributed by atoms with Crippen molar-refractivity contribution < 1.29 is 9.53 Å². The summed E-state index contributed by atoms with van der Waals surface area (Å²) >= 11 is 0. The zero-order chi connectivity index (χ0) is 15.4. The van der Waals surface area contributed by atoms with Gasteiger partial charge in [0.1, 0.15) is 5.82 Å². The van der Waals surface area contributed by atoms with E-state index < -0.39 is 0 Å². The first-order valence-corrected chi connectivity index (χ1v) is 8.29. The maximum atomic E-state index is 12.5. The van der Waals surface area contributed by atoms with Crippen LogP contribution < -0.4 is 5.32 Å². The average molecular weight is 303 g/mol. The fraction of sp³-hybridized carbons (Fsp3) is 0.647. The number of piperidine rings is 1. The molecule has 22 heavy (non-hydrogen) atoms. The summed E-state index contributed by atoms with van der Waals surface area (Å²) in [6.07, 6.45) is 7.32. The van der Waals surface area contributed by atoms with Crippen molar-refractivity contribution in [1.82, 2.24) is 9.88 Å². The number of amides is 1. The lowest BCUT2D eigenvalue weighted by atomic mass is 10.0. The van der Waals surface area contributed by atoms with E-state index in [2.05, 4.69) is 17.2 Å². The molecule has 2 aliphatic heterocycles. The van der Waals surface area contributed by atoms with Crippen LogP contribution >= 0.6 is 0 Å². The zero-order valence-electron chi connectivity index (χ0n) is 13.3. The summed E-state index contributed by atoms with van der Waals surface area (Å²) in [7, 11) is 0. The molecule has 3 rings (SSSR count). The molecule has 0 aliphatic carbocycles. The minimum absolute atomic E-state index is 0.117. The molecule has 1 amide bonds. The van der Waals surface area contributed by atoms with Crippen LogP contribution in [0.15, 0.2) is 18.3 Å². The highest BCUT2D eigenvalue weighted by Gasteiger charge is 2.29. The highest BCUT2D eigenvalue weighted by atomic mass is 16.5. The van der Waals surface area contributed by atoms with E-state index in [-0.39, 0.29) is 11.5 Å². The Labute approximate surface area is 132 Å². The topological polar surface area (TPSA) is 54.5 Å². The van der Waals surface area contributed by atoms with Gasteiger partial charge in [0.15, 0.2) is 0 Å². The Bertz CT molecular complexity index is 520. The van der Waals surface area contributed by atoms with Crippen LogP contribution in [-0.2, 0) is 4.74 Å². The molecule has 1 unspecified atom stereocenters. The number of carbonyl (C=O) groups is 1. The molecule has 0 saturated carbocycles. The summed E-state index contributed by atoms with van der Waals surface area (Å²) < 4.78 is 5.77. The van der Waals surface area contributed by atoms with Crippen molar-refractivity contribution in [3.05, 3.63) is 23.9 Å². The van der Waals surface area contributed by atoms with Crippen molar-refractivity contribution in [1.29, 1.82) is 0 Å². The van der Waals surface area contributed by atoms with E-state index >= 15 is 0 Å². The third-order valence-electron chi connectivity index (χ3n) is 4.59. The van der Waals surface area contributed by atoms with Gasteiger partial charge < -0.3 is 15.0 Å². The number of nitrogens with one attached hydrogen (secondary N) is 1. The predicted octanol–water partition coefficient (Wildman–Crippen LogP) is 2.69. The third-order valence-corrected chi connectivity index (χ3v) is 4.59. The van der Waals surface area contributed by atoms with Crippen molar-refractivity contribution in [2.45, 2.75) is 44.6 Å². The lowest BCUT2D eigenvalue weighted by Crippen LogP contribution is -2.35. The molecule has 0 bridgehead atoms. The number of carbonyl (C=O) groups excluding carboxylic acids is 1. The van der Waals surface area contributed by atoms with E-state index in [0.717, 1.165) is 63.3 Å². The molecule has 1 aromatic rings. The van der Waals surface area contributed by atoms with Gasteiger partial charge in [0.25, 0.3) is 5.91 Å². The molecule has 3 heterocycles. The van der Waals surface area contributed by atoms with Crippen LogP contribution in [0.1, 0.15) is 49.4 Å². The van der Waals surface area contributed by atoms with Gasteiger partial charge in [-0.25, -0.2) is 4.98 Å². The van der Waals surface area contributed by atoms with Gasteiger partial charge >= 0.3 is 0 Å². The first-order valence-electron chi connectivity index (χ1n) is 8.29. The first-order chi connectivity index (χ1) is 10.7. The second-order valence-corrected chi connectivity index (χ2v) is 6.54. The van der Waals surface area contributed by atoms with Gasteiger partial charge in [0.2, 0.25) is 0 Å². The summed E-state index contributed by atoms with van der Waals surface area (Å²) in [5.41, 5.74) is 0.603. The normalized spacial score (nSPS) is 25.2. The molecule has 2 aliphatic rings. The van der Waals surface area contributed by atoms with E-state index in [4.69, 9.17) is 4.74 Å². The fourth-order valence-corrected chi connectivity index (χ4v) is 3.19. The largest absolute Gasteiger partial charge is 0.373 e. The number of pyridine rings is 1. The Morgan fingerprint density at radius 1 is 1.36 bits per heavy atom. The van der Waals surface area contributed by atoms with E-state index in [0.29, 0.717) is 0 Å². The molecule has 5 heteroatoms. The average Bonchev–Trinajstić information content (AvgIpc) is 3.01. The van der Waals surface area contributed by atoms with E-state index in [1.54, 1.807) is 12.3 Å². The number of aromatic nitrogens is 1. The van der Waals surface area contributed by atoms with Crippen molar-refractivity contribution in [3.8, 4) is 0 Å². The van der Waals surface area contributed by atoms with Gasteiger partial charge in [0, 0.05) is 38.0 Å². The standard InChI is InChI=1S/C17H25N3O2/c1-17(7-5-11-22-17)13-19-15-12-14(6-8-18-15)16(21)20-9-3-2-4-10-20/h6,8,12H,2-5,7,9-11,13H2,1H3,(H,18,19). The Hall–Kier alpha value is -1.62. The highest BCUT2D eigenvalue weighted by Crippen LogP contribution is 2.25. The van der Waals surface area contributed by atoms with Crippen LogP contribution in [0.25, 0.3) is 0 Å². The lowest BCUT2D eigenvalue weighted by Gasteiger charge is -2.27. The second-order valence-electron chi connectivity index (χ2n) is 6.54. The minimum Gasteiger partial charge on any atom is -0.373 e. The molecule has 1 atom stereocenters. The van der Waals surface area contributed by atoms with Gasteiger partial charge in [-0.1, -0.05) is 0 Å². The lowest BCUT2D eigenvalue weighted by molar-refractivity contribution is 0.0315. The number of nitrogens with zero attached hydrogens (tertiary/aromatic N) is 2. The molecule has 120 valence electrons. The molecule has 1 N–H and O–H groups in total. The molecule has 2 fully saturated rings. The summed E-state index contributed by atoms with van der Waals surface area (Å²) in [6.45, 7) is 5.42. The van der Waals surface area contributed by atoms with Crippen molar-refractivity contribution in [2.75, 3.05) is 31.6 Å². The Balaban J connectivity index is 1.63. The molecular formula is C17H25N3O2. The maximum Gasteiger partial charge on any atom is 0.254 e. The number of likely N-dealkylation sites (tertiary alicyclic amines) is 1.